The van der Waals surface area contributed by atoms with Gasteiger partial charge in [-0.25, -0.2) is 17.9 Å². The molecule has 7 heteroatoms. The number of aromatic nitrogens is 2. The molecule has 0 unspecified atom stereocenters. The lowest BCUT2D eigenvalue weighted by atomic mass is 10.1. The summed E-state index contributed by atoms with van der Waals surface area (Å²) in [6, 6.07) is 8.17. The Balaban J connectivity index is 2.22. The zero-order chi connectivity index (χ0) is 16.6. The van der Waals surface area contributed by atoms with Gasteiger partial charge in [-0.2, -0.15) is 5.10 Å². The number of benzene rings is 2. The second kappa shape index (κ2) is 5.89. The van der Waals surface area contributed by atoms with Gasteiger partial charge in [-0.3, -0.25) is 4.79 Å². The molecule has 3 aromatic rings. The van der Waals surface area contributed by atoms with E-state index in [4.69, 9.17) is 11.6 Å². The van der Waals surface area contributed by atoms with Crippen LogP contribution in [0.15, 0.2) is 42.5 Å². The lowest BCUT2D eigenvalue weighted by molar-refractivity contribution is 0.112. The van der Waals surface area contributed by atoms with Crippen molar-refractivity contribution in [1.82, 2.24) is 9.78 Å². The van der Waals surface area contributed by atoms with E-state index in [1.54, 1.807) is 6.07 Å². The fraction of sp³-hybridized carbons (Fsp3) is 0. The minimum absolute atomic E-state index is 0.00179. The largest absolute Gasteiger partial charge is 0.298 e. The van der Waals surface area contributed by atoms with Crippen LogP contribution in [0.3, 0.4) is 0 Å². The monoisotopic (exact) mass is 336 g/mol. The van der Waals surface area contributed by atoms with Gasteiger partial charge in [-0.15, -0.1) is 0 Å². The molecule has 0 saturated heterocycles. The maximum Gasteiger partial charge on any atom is 0.155 e. The van der Waals surface area contributed by atoms with Gasteiger partial charge in [-0.05, 0) is 24.3 Å². The molecule has 0 radical (unpaired) electrons. The second-order valence-electron chi connectivity index (χ2n) is 4.72. The Kier molecular flexibility index (Phi) is 3.92. The molecule has 1 aromatic heterocycles. The van der Waals surface area contributed by atoms with Crippen LogP contribution in [0.2, 0.25) is 5.15 Å². The molecule has 3 rings (SSSR count). The first-order valence-electron chi connectivity index (χ1n) is 6.45. The van der Waals surface area contributed by atoms with E-state index in [-0.39, 0.29) is 22.1 Å². The van der Waals surface area contributed by atoms with E-state index in [1.165, 1.54) is 18.2 Å². The van der Waals surface area contributed by atoms with Crippen LogP contribution in [0.1, 0.15) is 10.4 Å². The Morgan fingerprint density at radius 3 is 2.30 bits per heavy atom. The molecule has 3 nitrogen and oxygen atoms in total. The predicted octanol–water partition coefficient (Wildman–Crippen LogP) is 4.42. The smallest absolute Gasteiger partial charge is 0.155 e. The number of carbonyl (C=O) groups excluding carboxylic acids is 1. The third-order valence-electron chi connectivity index (χ3n) is 3.17. The van der Waals surface area contributed by atoms with Crippen LogP contribution in [0.25, 0.3) is 16.9 Å². The molecule has 2 aromatic carbocycles. The van der Waals surface area contributed by atoms with E-state index in [0.717, 1.165) is 16.8 Å². The summed E-state index contributed by atoms with van der Waals surface area (Å²) in [5, 5.41) is 3.98. The molecular formula is C16H8ClF3N2O. The third kappa shape index (κ3) is 2.85. The molecule has 0 atom stereocenters. The minimum atomic E-state index is -0.813. The average molecular weight is 337 g/mol. The highest BCUT2D eigenvalue weighted by Gasteiger charge is 2.19. The number of aldehydes is 1. The van der Waals surface area contributed by atoms with E-state index in [0.29, 0.717) is 17.9 Å². The van der Waals surface area contributed by atoms with Crippen molar-refractivity contribution in [2.24, 2.45) is 0 Å². The van der Waals surface area contributed by atoms with Gasteiger partial charge in [-0.1, -0.05) is 23.7 Å². The number of carbonyl (C=O) groups is 1. The van der Waals surface area contributed by atoms with Crippen LogP contribution >= 0.6 is 11.6 Å². The topological polar surface area (TPSA) is 34.9 Å². The van der Waals surface area contributed by atoms with Crippen molar-refractivity contribution in [2.45, 2.75) is 0 Å². The molecule has 23 heavy (non-hydrogen) atoms. The number of rotatable bonds is 3. The predicted molar refractivity (Wildman–Crippen MR) is 79.3 cm³/mol. The van der Waals surface area contributed by atoms with Crippen LogP contribution in [-0.2, 0) is 0 Å². The van der Waals surface area contributed by atoms with Crippen LogP contribution < -0.4 is 0 Å². The molecule has 0 aliphatic carbocycles. The first-order valence-corrected chi connectivity index (χ1v) is 6.83. The fourth-order valence-corrected chi connectivity index (χ4v) is 2.47. The van der Waals surface area contributed by atoms with Gasteiger partial charge in [0.15, 0.2) is 6.29 Å². The van der Waals surface area contributed by atoms with Crippen molar-refractivity contribution in [2.75, 3.05) is 0 Å². The standard InChI is InChI=1S/C16H8ClF3N2O/c17-16-14(8-23)15(9-2-1-3-10(18)4-9)21-22(16)13-6-11(19)5-12(20)7-13/h1-8H. The number of halogens is 4. The van der Waals surface area contributed by atoms with Crippen molar-refractivity contribution in [3.63, 3.8) is 0 Å². The summed E-state index contributed by atoms with van der Waals surface area (Å²) in [7, 11) is 0. The zero-order valence-electron chi connectivity index (χ0n) is 11.4. The Morgan fingerprint density at radius 2 is 1.70 bits per heavy atom. The number of hydrogen-bond acceptors (Lipinski definition) is 2. The third-order valence-corrected chi connectivity index (χ3v) is 3.53. The normalized spacial score (nSPS) is 10.8. The highest BCUT2D eigenvalue weighted by Crippen LogP contribution is 2.30. The SMILES string of the molecule is O=Cc1c(-c2cccc(F)c2)nn(-c2cc(F)cc(F)c2)c1Cl. The van der Waals surface area contributed by atoms with E-state index in [2.05, 4.69) is 5.10 Å². The van der Waals surface area contributed by atoms with Crippen LogP contribution in [-0.4, -0.2) is 16.1 Å². The molecule has 116 valence electrons. The summed E-state index contributed by atoms with van der Waals surface area (Å²) in [6.07, 6.45) is 0.460. The van der Waals surface area contributed by atoms with Gasteiger partial charge >= 0.3 is 0 Å². The van der Waals surface area contributed by atoms with Crippen molar-refractivity contribution >= 4 is 17.9 Å². The lowest BCUT2D eigenvalue weighted by Crippen LogP contribution is -1.98. The van der Waals surface area contributed by atoms with E-state index >= 15 is 0 Å². The number of nitrogens with zero attached hydrogens (tertiary/aromatic N) is 2. The summed E-state index contributed by atoms with van der Waals surface area (Å²) in [6.45, 7) is 0. The molecule has 0 spiro atoms. The Morgan fingerprint density at radius 1 is 1.00 bits per heavy atom. The maximum atomic E-state index is 13.4. The summed E-state index contributed by atoms with van der Waals surface area (Å²) < 4.78 is 41.1. The average Bonchev–Trinajstić information content (AvgIpc) is 2.83. The minimum Gasteiger partial charge on any atom is -0.298 e. The molecule has 0 bridgehead atoms. The summed E-state index contributed by atoms with van der Waals surface area (Å²) in [5.41, 5.74) is 0.457. The molecule has 0 aliphatic heterocycles. The molecule has 0 saturated carbocycles. The Hall–Kier alpha value is -2.60. The molecule has 1 heterocycles. The second-order valence-corrected chi connectivity index (χ2v) is 5.08. The van der Waals surface area contributed by atoms with Gasteiger partial charge in [0.25, 0.3) is 0 Å². The van der Waals surface area contributed by atoms with Gasteiger partial charge in [0.2, 0.25) is 0 Å². The summed E-state index contributed by atoms with van der Waals surface area (Å²) >= 11 is 6.09. The Bertz CT molecular complexity index is 888. The van der Waals surface area contributed by atoms with Crippen molar-refractivity contribution in [3.8, 4) is 16.9 Å². The molecule has 0 N–H and O–H groups in total. The first-order chi connectivity index (χ1) is 11.0. The quantitative estimate of drug-likeness (QED) is 0.663. The van der Waals surface area contributed by atoms with Gasteiger partial charge in [0.05, 0.1) is 11.3 Å². The summed E-state index contributed by atoms with van der Waals surface area (Å²) in [5.74, 6) is -2.14. The van der Waals surface area contributed by atoms with E-state index < -0.39 is 17.5 Å². The highest BCUT2D eigenvalue weighted by atomic mass is 35.5. The van der Waals surface area contributed by atoms with Crippen molar-refractivity contribution < 1.29 is 18.0 Å². The van der Waals surface area contributed by atoms with Crippen molar-refractivity contribution in [3.05, 3.63) is 70.6 Å². The molecule has 0 fully saturated rings. The number of hydrogen-bond donors (Lipinski definition) is 0. The summed E-state index contributed by atoms with van der Waals surface area (Å²) in [4.78, 5) is 11.3. The van der Waals surface area contributed by atoms with Gasteiger partial charge < -0.3 is 0 Å². The van der Waals surface area contributed by atoms with Crippen LogP contribution in [0.5, 0.6) is 0 Å². The van der Waals surface area contributed by atoms with E-state index in [9.17, 15) is 18.0 Å². The van der Waals surface area contributed by atoms with Crippen LogP contribution in [0, 0.1) is 17.5 Å². The van der Waals surface area contributed by atoms with E-state index in [1.807, 2.05) is 0 Å². The zero-order valence-corrected chi connectivity index (χ0v) is 12.2. The molecule has 0 amide bonds. The molecule has 0 aliphatic rings. The highest BCUT2D eigenvalue weighted by molar-refractivity contribution is 6.32. The molecular weight excluding hydrogens is 329 g/mol. The van der Waals surface area contributed by atoms with Crippen molar-refractivity contribution in [1.29, 1.82) is 0 Å². The van der Waals surface area contributed by atoms with Gasteiger partial charge in [0, 0.05) is 11.6 Å². The van der Waals surface area contributed by atoms with Crippen LogP contribution in [0.4, 0.5) is 13.2 Å². The fourth-order valence-electron chi connectivity index (χ4n) is 2.20. The first kappa shape index (κ1) is 15.3. The maximum absolute atomic E-state index is 13.4. The Labute approximate surface area is 133 Å². The lowest BCUT2D eigenvalue weighted by Gasteiger charge is -2.03. The van der Waals surface area contributed by atoms with Gasteiger partial charge in [0.1, 0.15) is 28.3 Å².